The van der Waals surface area contributed by atoms with Crippen molar-refractivity contribution in [2.75, 3.05) is 12.4 Å². The summed E-state index contributed by atoms with van der Waals surface area (Å²) in [4.78, 5) is 0. The molecule has 0 unspecified atom stereocenters. The van der Waals surface area contributed by atoms with Crippen LogP contribution in [-0.4, -0.2) is 7.11 Å². The lowest BCUT2D eigenvalue weighted by Gasteiger charge is -2.17. The molecule has 5 heteroatoms. The van der Waals surface area contributed by atoms with Gasteiger partial charge < -0.3 is 14.8 Å². The number of rotatable bonds is 7. The van der Waals surface area contributed by atoms with Crippen LogP contribution in [0.25, 0.3) is 0 Å². The number of hydrogen-bond donors (Lipinski definition) is 1. The molecule has 1 N–H and O–H groups in total. The minimum absolute atomic E-state index is 0.470. The van der Waals surface area contributed by atoms with Crippen molar-refractivity contribution < 1.29 is 9.47 Å². The smallest absolute Gasteiger partial charge is 0.166 e. The Morgan fingerprint density at radius 2 is 1.70 bits per heavy atom. The van der Waals surface area contributed by atoms with Gasteiger partial charge in [-0.2, -0.15) is 0 Å². The SMILES string of the molecule is COc1cccc(CNc2cc(Cl)ccc2Cl)c1OCc1ccccc1C. The van der Waals surface area contributed by atoms with Gasteiger partial charge in [0.05, 0.1) is 17.8 Å². The minimum atomic E-state index is 0.470. The highest BCUT2D eigenvalue weighted by atomic mass is 35.5. The van der Waals surface area contributed by atoms with E-state index in [0.717, 1.165) is 16.8 Å². The standard InChI is InChI=1S/C22H21Cl2NO2/c1-15-6-3-4-7-17(15)14-27-22-16(8-5-9-21(22)26-2)13-25-20-12-18(23)10-11-19(20)24/h3-12,25H,13-14H2,1-2H3. The normalized spacial score (nSPS) is 10.5. The number of halogens is 2. The number of nitrogens with one attached hydrogen (secondary N) is 1. The Kier molecular flexibility index (Phi) is 6.49. The van der Waals surface area contributed by atoms with Crippen molar-refractivity contribution in [1.29, 1.82) is 0 Å². The fourth-order valence-corrected chi connectivity index (χ4v) is 3.13. The lowest BCUT2D eigenvalue weighted by molar-refractivity contribution is 0.281. The molecule has 27 heavy (non-hydrogen) atoms. The van der Waals surface area contributed by atoms with E-state index >= 15 is 0 Å². The van der Waals surface area contributed by atoms with E-state index in [2.05, 4.69) is 24.4 Å². The van der Waals surface area contributed by atoms with E-state index in [1.165, 1.54) is 5.56 Å². The van der Waals surface area contributed by atoms with Crippen LogP contribution in [0.3, 0.4) is 0 Å². The molecular weight excluding hydrogens is 381 g/mol. The number of ether oxygens (including phenoxy) is 2. The summed E-state index contributed by atoms with van der Waals surface area (Å²) in [5, 5.41) is 4.56. The van der Waals surface area contributed by atoms with Crippen molar-refractivity contribution in [2.24, 2.45) is 0 Å². The first-order chi connectivity index (χ1) is 13.1. The zero-order valence-electron chi connectivity index (χ0n) is 15.3. The van der Waals surface area contributed by atoms with Crippen molar-refractivity contribution in [3.63, 3.8) is 0 Å². The molecule has 3 nitrogen and oxygen atoms in total. The van der Waals surface area contributed by atoms with E-state index in [1.807, 2.05) is 30.3 Å². The zero-order valence-corrected chi connectivity index (χ0v) is 16.8. The topological polar surface area (TPSA) is 30.5 Å². The summed E-state index contributed by atoms with van der Waals surface area (Å²) in [6, 6.07) is 19.3. The molecule has 0 radical (unpaired) electrons. The van der Waals surface area contributed by atoms with Gasteiger partial charge in [-0.05, 0) is 42.3 Å². The predicted molar refractivity (Wildman–Crippen MR) is 112 cm³/mol. The number of benzene rings is 3. The number of methoxy groups -OCH3 is 1. The third-order valence-electron chi connectivity index (χ3n) is 4.31. The first kappa shape index (κ1) is 19.4. The molecular formula is C22H21Cl2NO2. The Morgan fingerprint density at radius 3 is 2.48 bits per heavy atom. The summed E-state index contributed by atoms with van der Waals surface area (Å²) < 4.78 is 11.6. The lowest BCUT2D eigenvalue weighted by atomic mass is 10.1. The number of para-hydroxylation sites is 1. The van der Waals surface area contributed by atoms with Gasteiger partial charge in [0.15, 0.2) is 11.5 Å². The van der Waals surface area contributed by atoms with Gasteiger partial charge in [-0.15, -0.1) is 0 Å². The summed E-state index contributed by atoms with van der Waals surface area (Å²) >= 11 is 12.3. The highest BCUT2D eigenvalue weighted by Crippen LogP contribution is 2.33. The quantitative estimate of drug-likeness (QED) is 0.489. The predicted octanol–water partition coefficient (Wildman–Crippen LogP) is 6.50. The van der Waals surface area contributed by atoms with E-state index in [-0.39, 0.29) is 0 Å². The van der Waals surface area contributed by atoms with Crippen LogP contribution in [0.2, 0.25) is 10.0 Å². The van der Waals surface area contributed by atoms with Crippen molar-refractivity contribution in [3.05, 3.63) is 87.4 Å². The number of anilines is 1. The van der Waals surface area contributed by atoms with Gasteiger partial charge >= 0.3 is 0 Å². The van der Waals surface area contributed by atoms with Crippen LogP contribution in [0.15, 0.2) is 60.7 Å². The second kappa shape index (κ2) is 9.03. The molecule has 0 fully saturated rings. The fraction of sp³-hybridized carbons (Fsp3) is 0.182. The molecule has 3 aromatic carbocycles. The van der Waals surface area contributed by atoms with Crippen LogP contribution in [0, 0.1) is 6.92 Å². The van der Waals surface area contributed by atoms with Crippen LogP contribution in [0.5, 0.6) is 11.5 Å². The average Bonchev–Trinajstić information content (AvgIpc) is 2.68. The Labute approximate surface area is 169 Å². The van der Waals surface area contributed by atoms with Crippen LogP contribution in [0.4, 0.5) is 5.69 Å². The Hall–Kier alpha value is -2.36. The highest BCUT2D eigenvalue weighted by Gasteiger charge is 2.12. The molecule has 0 bridgehead atoms. The highest BCUT2D eigenvalue weighted by molar-refractivity contribution is 6.35. The van der Waals surface area contributed by atoms with E-state index in [0.29, 0.717) is 34.7 Å². The molecule has 0 aliphatic carbocycles. The van der Waals surface area contributed by atoms with Gasteiger partial charge in [0.25, 0.3) is 0 Å². The van der Waals surface area contributed by atoms with Gasteiger partial charge in [0.2, 0.25) is 0 Å². The molecule has 0 aliphatic heterocycles. The number of hydrogen-bond acceptors (Lipinski definition) is 3. The Bertz CT molecular complexity index is 928. The van der Waals surface area contributed by atoms with Crippen molar-refractivity contribution >= 4 is 28.9 Å². The second-order valence-electron chi connectivity index (χ2n) is 6.14. The summed E-state index contributed by atoms with van der Waals surface area (Å²) in [6.45, 7) is 3.07. The van der Waals surface area contributed by atoms with E-state index < -0.39 is 0 Å². The van der Waals surface area contributed by atoms with Gasteiger partial charge in [-0.3, -0.25) is 0 Å². The van der Waals surface area contributed by atoms with Crippen molar-refractivity contribution in [2.45, 2.75) is 20.1 Å². The molecule has 3 aromatic rings. The van der Waals surface area contributed by atoms with Crippen LogP contribution in [-0.2, 0) is 13.2 Å². The maximum atomic E-state index is 6.24. The summed E-state index contributed by atoms with van der Waals surface area (Å²) in [5.41, 5.74) is 4.08. The Balaban J connectivity index is 1.81. The summed E-state index contributed by atoms with van der Waals surface area (Å²) in [5.74, 6) is 1.41. The number of aryl methyl sites for hydroxylation is 1. The van der Waals surface area contributed by atoms with Crippen molar-refractivity contribution in [1.82, 2.24) is 0 Å². The molecule has 0 atom stereocenters. The van der Waals surface area contributed by atoms with Crippen molar-refractivity contribution in [3.8, 4) is 11.5 Å². The molecule has 0 spiro atoms. The fourth-order valence-electron chi connectivity index (χ4n) is 2.77. The molecule has 0 aromatic heterocycles. The van der Waals surface area contributed by atoms with E-state index in [1.54, 1.807) is 25.3 Å². The molecule has 0 amide bonds. The molecule has 0 saturated heterocycles. The van der Waals surface area contributed by atoms with Gasteiger partial charge in [-0.25, -0.2) is 0 Å². The minimum Gasteiger partial charge on any atom is -0.493 e. The summed E-state index contributed by atoms with van der Waals surface area (Å²) in [6.07, 6.45) is 0. The second-order valence-corrected chi connectivity index (χ2v) is 6.99. The first-order valence-electron chi connectivity index (χ1n) is 8.60. The molecule has 0 heterocycles. The monoisotopic (exact) mass is 401 g/mol. The molecule has 0 saturated carbocycles. The molecule has 0 aliphatic rings. The lowest BCUT2D eigenvalue weighted by Crippen LogP contribution is -2.06. The van der Waals surface area contributed by atoms with Gasteiger partial charge in [-0.1, -0.05) is 59.6 Å². The third-order valence-corrected chi connectivity index (χ3v) is 4.88. The van der Waals surface area contributed by atoms with E-state index in [9.17, 15) is 0 Å². The first-order valence-corrected chi connectivity index (χ1v) is 9.36. The largest absolute Gasteiger partial charge is 0.493 e. The molecule has 3 rings (SSSR count). The van der Waals surface area contributed by atoms with Crippen LogP contribution in [0.1, 0.15) is 16.7 Å². The maximum Gasteiger partial charge on any atom is 0.166 e. The Morgan fingerprint density at radius 1 is 0.926 bits per heavy atom. The maximum absolute atomic E-state index is 6.24. The average molecular weight is 402 g/mol. The summed E-state index contributed by atoms with van der Waals surface area (Å²) in [7, 11) is 1.64. The van der Waals surface area contributed by atoms with Crippen LogP contribution < -0.4 is 14.8 Å². The third kappa shape index (κ3) is 4.88. The van der Waals surface area contributed by atoms with Gasteiger partial charge in [0.1, 0.15) is 6.61 Å². The van der Waals surface area contributed by atoms with E-state index in [4.69, 9.17) is 32.7 Å². The van der Waals surface area contributed by atoms with Crippen LogP contribution >= 0.6 is 23.2 Å². The van der Waals surface area contributed by atoms with Gasteiger partial charge in [0, 0.05) is 17.1 Å². The molecule has 140 valence electrons. The zero-order chi connectivity index (χ0) is 19.2.